The fraction of sp³-hybridized carbons (Fsp3) is 0.200. The fourth-order valence-corrected chi connectivity index (χ4v) is 0.681. The molecule has 1 rings (SSSR count). The van der Waals surface area contributed by atoms with E-state index in [-0.39, 0.29) is 5.37 Å². The van der Waals surface area contributed by atoms with Gasteiger partial charge in [-0.2, -0.15) is 12.6 Å². The van der Waals surface area contributed by atoms with Gasteiger partial charge in [-0.1, -0.05) is 0 Å². The number of hydrogen-bond acceptors (Lipinski definition) is 2. The van der Waals surface area contributed by atoms with Crippen molar-refractivity contribution in [2.45, 2.75) is 5.37 Å². The highest BCUT2D eigenvalue weighted by atomic mass is 32.1. The topological polar surface area (TPSA) is 41.8 Å². The lowest BCUT2D eigenvalue weighted by atomic mass is 10.3. The van der Waals surface area contributed by atoms with Gasteiger partial charge in [-0.25, -0.2) is 0 Å². The average molecular weight is 128 g/mol. The molecule has 0 amide bonds. The second-order valence-electron chi connectivity index (χ2n) is 1.59. The molecular weight excluding hydrogens is 120 g/mol. The summed E-state index contributed by atoms with van der Waals surface area (Å²) in [6, 6.07) is 1.90. The molecule has 2 nitrogen and oxygen atoms in total. The number of hydrogen-bond donors (Lipinski definition) is 3. The van der Waals surface area contributed by atoms with Crippen LogP contribution in [0.3, 0.4) is 0 Å². The average Bonchev–Trinajstić information content (AvgIpc) is 2.12. The van der Waals surface area contributed by atoms with Crippen LogP contribution in [0.15, 0.2) is 18.5 Å². The van der Waals surface area contributed by atoms with E-state index in [0.29, 0.717) is 0 Å². The van der Waals surface area contributed by atoms with E-state index in [1.165, 1.54) is 0 Å². The minimum absolute atomic E-state index is 0.152. The number of nitrogens with one attached hydrogen (secondary N) is 1. The molecule has 1 unspecified atom stereocenters. The molecule has 44 valence electrons. The molecule has 0 bridgehead atoms. The van der Waals surface area contributed by atoms with E-state index in [9.17, 15) is 0 Å². The van der Waals surface area contributed by atoms with Crippen LogP contribution in [-0.4, -0.2) is 4.98 Å². The third kappa shape index (κ3) is 1.05. The quantitative estimate of drug-likeness (QED) is 0.382. The van der Waals surface area contributed by atoms with E-state index in [1.807, 2.05) is 18.5 Å². The Hall–Kier alpha value is -0.410. The molecule has 3 N–H and O–H groups in total. The van der Waals surface area contributed by atoms with Crippen molar-refractivity contribution in [2.75, 3.05) is 0 Å². The van der Waals surface area contributed by atoms with Gasteiger partial charge < -0.3 is 10.7 Å². The minimum atomic E-state index is -0.152. The van der Waals surface area contributed by atoms with E-state index in [4.69, 9.17) is 5.73 Å². The van der Waals surface area contributed by atoms with Gasteiger partial charge in [-0.05, 0) is 11.6 Å². The first kappa shape index (κ1) is 5.72. The van der Waals surface area contributed by atoms with Gasteiger partial charge in [-0.3, -0.25) is 0 Å². The molecule has 0 radical (unpaired) electrons. The van der Waals surface area contributed by atoms with E-state index >= 15 is 0 Å². The Bertz CT molecular complexity index is 145. The molecule has 1 aromatic heterocycles. The molecule has 0 saturated heterocycles. The number of H-pyrrole nitrogens is 1. The van der Waals surface area contributed by atoms with Crippen molar-refractivity contribution in [3.8, 4) is 0 Å². The zero-order valence-electron chi connectivity index (χ0n) is 4.33. The predicted molar refractivity (Wildman–Crippen MR) is 36.7 cm³/mol. The lowest BCUT2D eigenvalue weighted by Gasteiger charge is -1.95. The lowest BCUT2D eigenvalue weighted by molar-refractivity contribution is 1.05. The first-order valence-corrected chi connectivity index (χ1v) is 2.88. The van der Waals surface area contributed by atoms with Crippen molar-refractivity contribution in [3.63, 3.8) is 0 Å². The summed E-state index contributed by atoms with van der Waals surface area (Å²) < 4.78 is 0. The molecule has 0 saturated carbocycles. The largest absolute Gasteiger partial charge is 0.367 e. The van der Waals surface area contributed by atoms with Crippen molar-refractivity contribution >= 4 is 12.6 Å². The molecule has 3 heteroatoms. The van der Waals surface area contributed by atoms with Crippen LogP contribution in [0.4, 0.5) is 0 Å². The van der Waals surface area contributed by atoms with Gasteiger partial charge in [-0.15, -0.1) is 0 Å². The van der Waals surface area contributed by atoms with E-state index < -0.39 is 0 Å². The van der Waals surface area contributed by atoms with Crippen molar-refractivity contribution in [3.05, 3.63) is 24.0 Å². The first-order valence-electron chi connectivity index (χ1n) is 2.37. The highest BCUT2D eigenvalue weighted by Crippen LogP contribution is 2.10. The molecule has 0 spiro atoms. The van der Waals surface area contributed by atoms with Gasteiger partial charge in [0.05, 0.1) is 5.37 Å². The standard InChI is InChI=1S/C5H8N2S/c6-5(8)4-1-2-7-3-4/h1-3,5,7-8H,6H2. The molecule has 0 aliphatic carbocycles. The first-order chi connectivity index (χ1) is 3.80. The summed E-state index contributed by atoms with van der Waals surface area (Å²) in [6.45, 7) is 0. The predicted octanol–water partition coefficient (Wildman–Crippen LogP) is 0.902. The summed E-state index contributed by atoms with van der Waals surface area (Å²) in [5, 5.41) is -0.152. The number of rotatable bonds is 1. The zero-order chi connectivity index (χ0) is 5.98. The Labute approximate surface area is 53.5 Å². The zero-order valence-corrected chi connectivity index (χ0v) is 5.23. The second kappa shape index (κ2) is 2.24. The van der Waals surface area contributed by atoms with Crippen LogP contribution in [0, 0.1) is 0 Å². The van der Waals surface area contributed by atoms with Crippen LogP contribution in [0.25, 0.3) is 0 Å². The number of nitrogens with two attached hydrogens (primary N) is 1. The van der Waals surface area contributed by atoms with Crippen molar-refractivity contribution in [1.82, 2.24) is 4.98 Å². The van der Waals surface area contributed by atoms with Gasteiger partial charge in [0.15, 0.2) is 0 Å². The molecule has 1 heterocycles. The Balaban J connectivity index is 2.77. The van der Waals surface area contributed by atoms with Gasteiger partial charge in [0.25, 0.3) is 0 Å². The fourth-order valence-electron chi connectivity index (χ4n) is 0.521. The van der Waals surface area contributed by atoms with Gasteiger partial charge in [0, 0.05) is 12.4 Å². The maximum Gasteiger partial charge on any atom is 0.0749 e. The van der Waals surface area contributed by atoms with Crippen LogP contribution >= 0.6 is 12.6 Å². The van der Waals surface area contributed by atoms with Gasteiger partial charge in [0.2, 0.25) is 0 Å². The minimum Gasteiger partial charge on any atom is -0.367 e. The molecule has 1 atom stereocenters. The lowest BCUT2D eigenvalue weighted by Crippen LogP contribution is -1.99. The molecule has 1 aromatic rings. The summed E-state index contributed by atoms with van der Waals surface area (Å²) in [5.41, 5.74) is 6.42. The molecule has 0 aliphatic heterocycles. The van der Waals surface area contributed by atoms with E-state index in [2.05, 4.69) is 17.6 Å². The Morgan fingerprint density at radius 3 is 2.75 bits per heavy atom. The summed E-state index contributed by atoms with van der Waals surface area (Å²) in [6.07, 6.45) is 3.66. The summed E-state index contributed by atoms with van der Waals surface area (Å²) in [5.74, 6) is 0. The number of aromatic amines is 1. The SMILES string of the molecule is NC(S)c1cc[nH]c1. The summed E-state index contributed by atoms with van der Waals surface area (Å²) >= 11 is 4.01. The summed E-state index contributed by atoms with van der Waals surface area (Å²) in [7, 11) is 0. The van der Waals surface area contributed by atoms with Crippen LogP contribution < -0.4 is 5.73 Å². The monoisotopic (exact) mass is 128 g/mol. The van der Waals surface area contributed by atoms with Crippen LogP contribution in [0.1, 0.15) is 10.9 Å². The molecular formula is C5H8N2S. The molecule has 8 heavy (non-hydrogen) atoms. The Morgan fingerprint density at radius 1 is 1.75 bits per heavy atom. The third-order valence-corrected chi connectivity index (χ3v) is 1.26. The Kier molecular flexibility index (Phi) is 1.60. The molecule has 0 aromatic carbocycles. The normalized spacial score (nSPS) is 13.8. The van der Waals surface area contributed by atoms with Crippen LogP contribution in [0.5, 0.6) is 0 Å². The van der Waals surface area contributed by atoms with Crippen LogP contribution in [0.2, 0.25) is 0 Å². The van der Waals surface area contributed by atoms with Gasteiger partial charge in [0.1, 0.15) is 0 Å². The van der Waals surface area contributed by atoms with Crippen LogP contribution in [-0.2, 0) is 0 Å². The molecule has 0 fully saturated rings. The van der Waals surface area contributed by atoms with E-state index in [1.54, 1.807) is 0 Å². The smallest absolute Gasteiger partial charge is 0.0749 e. The van der Waals surface area contributed by atoms with Crippen molar-refractivity contribution in [1.29, 1.82) is 0 Å². The third-order valence-electron chi connectivity index (χ3n) is 0.964. The molecule has 0 aliphatic rings. The van der Waals surface area contributed by atoms with E-state index in [0.717, 1.165) is 5.56 Å². The Morgan fingerprint density at radius 2 is 2.50 bits per heavy atom. The number of thiol groups is 1. The van der Waals surface area contributed by atoms with Crippen molar-refractivity contribution in [2.24, 2.45) is 5.73 Å². The maximum atomic E-state index is 5.40. The second-order valence-corrected chi connectivity index (χ2v) is 2.15. The van der Waals surface area contributed by atoms with Gasteiger partial charge >= 0.3 is 0 Å². The highest BCUT2D eigenvalue weighted by Gasteiger charge is 1.96. The number of aromatic nitrogens is 1. The highest BCUT2D eigenvalue weighted by molar-refractivity contribution is 7.80. The maximum absolute atomic E-state index is 5.40. The van der Waals surface area contributed by atoms with Crippen molar-refractivity contribution < 1.29 is 0 Å². The summed E-state index contributed by atoms with van der Waals surface area (Å²) in [4.78, 5) is 2.88.